The van der Waals surface area contributed by atoms with Gasteiger partial charge in [0.15, 0.2) is 11.6 Å². The van der Waals surface area contributed by atoms with E-state index in [9.17, 15) is 14.4 Å². The van der Waals surface area contributed by atoms with Crippen LogP contribution in [-0.4, -0.2) is 51.0 Å². The summed E-state index contributed by atoms with van der Waals surface area (Å²) in [6.07, 6.45) is 0. The fourth-order valence-corrected chi connectivity index (χ4v) is 3.54. The number of anilines is 2. The summed E-state index contributed by atoms with van der Waals surface area (Å²) in [7, 11) is 2.09. The van der Waals surface area contributed by atoms with Crippen molar-refractivity contribution in [2.24, 2.45) is 0 Å². The van der Waals surface area contributed by atoms with Gasteiger partial charge >= 0.3 is 7.12 Å². The molecule has 0 aliphatic carbocycles. The zero-order valence-electron chi connectivity index (χ0n) is 17.4. The Hall–Kier alpha value is -3.50. The second-order valence-corrected chi connectivity index (χ2v) is 7.44. The highest BCUT2D eigenvalue weighted by molar-refractivity contribution is 6.61. The lowest BCUT2D eigenvalue weighted by molar-refractivity contribution is 0.426. The molecule has 31 heavy (non-hydrogen) atoms. The van der Waals surface area contributed by atoms with Gasteiger partial charge in [-0.3, -0.25) is 4.57 Å². The summed E-state index contributed by atoms with van der Waals surface area (Å²) in [4.78, 5) is 6.47. The molecule has 0 aliphatic heterocycles. The summed E-state index contributed by atoms with van der Waals surface area (Å²) >= 11 is 0. The molecule has 0 bridgehead atoms. The highest BCUT2D eigenvalue weighted by Gasteiger charge is 2.20. The second kappa shape index (κ2) is 8.33. The number of hydrogen-bond donors (Lipinski definition) is 3. The lowest BCUT2D eigenvalue weighted by atomic mass is 9.78. The van der Waals surface area contributed by atoms with Gasteiger partial charge in [0.2, 0.25) is 0 Å². The predicted octanol–water partition coefficient (Wildman–Crippen LogP) is 1.62. The topological polar surface area (TPSA) is 99.3 Å². The van der Waals surface area contributed by atoms with Gasteiger partial charge in [0.05, 0.1) is 5.52 Å². The van der Waals surface area contributed by atoms with Crippen molar-refractivity contribution in [3.63, 3.8) is 0 Å². The summed E-state index contributed by atoms with van der Waals surface area (Å²) in [5, 5.41) is 31.9. The van der Waals surface area contributed by atoms with E-state index in [-0.39, 0.29) is 5.82 Å². The third kappa shape index (κ3) is 4.07. The van der Waals surface area contributed by atoms with Crippen LogP contribution < -0.4 is 15.7 Å². The molecule has 158 valence electrons. The van der Waals surface area contributed by atoms with Gasteiger partial charge in [0.1, 0.15) is 5.82 Å². The minimum atomic E-state index is -1.59. The van der Waals surface area contributed by atoms with Crippen LogP contribution in [0.2, 0.25) is 0 Å². The first-order valence-electron chi connectivity index (χ1n) is 9.73. The number of nitrogens with one attached hydrogen (secondary N) is 1. The summed E-state index contributed by atoms with van der Waals surface area (Å²) in [5.41, 5.74) is 2.73. The van der Waals surface area contributed by atoms with Gasteiger partial charge in [-0.15, -0.1) is 10.2 Å². The quantitative estimate of drug-likeness (QED) is 0.408. The molecule has 2 heterocycles. The van der Waals surface area contributed by atoms with Crippen LogP contribution in [0.1, 0.15) is 11.3 Å². The van der Waals surface area contributed by atoms with E-state index in [4.69, 9.17) is 0 Å². The molecule has 0 unspecified atom stereocenters. The summed E-state index contributed by atoms with van der Waals surface area (Å²) in [5.74, 6) is 1.08. The lowest BCUT2D eigenvalue weighted by Gasteiger charge is -2.17. The molecule has 0 saturated heterocycles. The van der Waals surface area contributed by atoms with Crippen molar-refractivity contribution in [1.82, 2.24) is 19.7 Å². The Morgan fingerprint density at radius 1 is 1.10 bits per heavy atom. The summed E-state index contributed by atoms with van der Waals surface area (Å²) in [6.45, 7) is 2.25. The van der Waals surface area contributed by atoms with E-state index in [2.05, 4.69) is 20.5 Å². The maximum Gasteiger partial charge on any atom is 0.489 e. The molecule has 3 N–H and O–H groups in total. The predicted molar refractivity (Wildman–Crippen MR) is 119 cm³/mol. The fraction of sp³-hybridized carbons (Fsp3) is 0.190. The molecule has 0 fully saturated rings. The molecule has 4 rings (SSSR count). The molecule has 0 radical (unpaired) electrons. The number of halogens is 1. The van der Waals surface area contributed by atoms with Gasteiger partial charge in [-0.1, -0.05) is 24.3 Å². The van der Waals surface area contributed by atoms with E-state index in [0.717, 1.165) is 16.8 Å². The van der Waals surface area contributed by atoms with E-state index in [1.807, 2.05) is 39.2 Å². The van der Waals surface area contributed by atoms with Crippen LogP contribution in [0.5, 0.6) is 0 Å². The van der Waals surface area contributed by atoms with Crippen molar-refractivity contribution >= 4 is 35.1 Å². The minimum absolute atomic E-state index is 0.301. The van der Waals surface area contributed by atoms with E-state index in [1.54, 1.807) is 27.7 Å². The number of fused-ring (bicyclic) bond motifs is 1. The molecule has 0 aliphatic rings. The normalized spacial score (nSPS) is 11.0. The summed E-state index contributed by atoms with van der Waals surface area (Å²) < 4.78 is 15.3. The monoisotopic (exact) mass is 420 g/mol. The van der Waals surface area contributed by atoms with Crippen LogP contribution in [0.3, 0.4) is 0 Å². The Balaban J connectivity index is 1.77. The zero-order chi connectivity index (χ0) is 22.1. The SMILES string of the molecule is Cc1cc2c(B(O)O)cccc2n1-c1nnc(N(C)C)c(NCc2cccc(F)c2)n1. The van der Waals surface area contributed by atoms with Crippen LogP contribution in [0.15, 0.2) is 48.5 Å². The summed E-state index contributed by atoms with van der Waals surface area (Å²) in [6, 6.07) is 13.5. The Kier molecular flexibility index (Phi) is 5.58. The van der Waals surface area contributed by atoms with Crippen molar-refractivity contribution in [2.45, 2.75) is 13.5 Å². The molecule has 4 aromatic rings. The third-order valence-corrected chi connectivity index (χ3v) is 4.97. The molecule has 0 atom stereocenters. The van der Waals surface area contributed by atoms with Crippen molar-refractivity contribution in [3.05, 3.63) is 65.6 Å². The van der Waals surface area contributed by atoms with Crippen LogP contribution in [-0.2, 0) is 6.54 Å². The van der Waals surface area contributed by atoms with Gasteiger partial charge in [0, 0.05) is 31.7 Å². The Bertz CT molecular complexity index is 1240. The van der Waals surface area contributed by atoms with E-state index >= 15 is 0 Å². The number of benzene rings is 2. The van der Waals surface area contributed by atoms with Crippen LogP contribution in [0, 0.1) is 12.7 Å². The van der Waals surface area contributed by atoms with Gasteiger partial charge in [-0.25, -0.2) is 4.39 Å². The van der Waals surface area contributed by atoms with Gasteiger partial charge in [0.25, 0.3) is 5.95 Å². The number of hydrogen-bond acceptors (Lipinski definition) is 7. The molecule has 0 amide bonds. The number of aryl methyl sites for hydroxylation is 1. The van der Waals surface area contributed by atoms with E-state index in [0.29, 0.717) is 35.0 Å². The first-order chi connectivity index (χ1) is 14.8. The minimum Gasteiger partial charge on any atom is -0.423 e. The Morgan fingerprint density at radius 3 is 2.58 bits per heavy atom. The average Bonchev–Trinajstić information content (AvgIpc) is 3.07. The van der Waals surface area contributed by atoms with Crippen LogP contribution in [0.25, 0.3) is 16.9 Å². The number of rotatable bonds is 6. The van der Waals surface area contributed by atoms with Crippen molar-refractivity contribution in [3.8, 4) is 5.95 Å². The Labute approximate surface area is 179 Å². The fourth-order valence-electron chi connectivity index (χ4n) is 3.54. The standard InChI is InChI=1S/C21H22BFN6O2/c1-13-10-16-17(22(30)31)8-5-9-18(16)29(13)21-25-19(20(26-27-21)28(2)3)24-12-14-6-4-7-15(23)11-14/h4-11,30-31H,12H2,1-3H3,(H,24,25,27). The molecule has 0 saturated carbocycles. The van der Waals surface area contributed by atoms with Gasteiger partial charge in [-0.2, -0.15) is 4.98 Å². The smallest absolute Gasteiger partial charge is 0.423 e. The zero-order valence-corrected chi connectivity index (χ0v) is 17.4. The van der Waals surface area contributed by atoms with E-state index < -0.39 is 7.12 Å². The first kappa shape index (κ1) is 20.8. The molecular formula is C21H22BFN6O2. The molecule has 0 spiro atoms. The van der Waals surface area contributed by atoms with Crippen LogP contribution >= 0.6 is 0 Å². The van der Waals surface area contributed by atoms with Crippen molar-refractivity contribution < 1.29 is 14.4 Å². The molecule has 2 aromatic carbocycles. The average molecular weight is 420 g/mol. The van der Waals surface area contributed by atoms with Crippen molar-refractivity contribution in [2.75, 3.05) is 24.3 Å². The van der Waals surface area contributed by atoms with Crippen molar-refractivity contribution in [1.29, 1.82) is 0 Å². The molecule has 2 aromatic heterocycles. The largest absolute Gasteiger partial charge is 0.489 e. The highest BCUT2D eigenvalue weighted by atomic mass is 19.1. The number of aromatic nitrogens is 4. The second-order valence-electron chi connectivity index (χ2n) is 7.44. The molecular weight excluding hydrogens is 398 g/mol. The van der Waals surface area contributed by atoms with Gasteiger partial charge < -0.3 is 20.3 Å². The Morgan fingerprint density at radius 2 is 1.87 bits per heavy atom. The molecule has 10 heteroatoms. The van der Waals surface area contributed by atoms with E-state index in [1.165, 1.54) is 12.1 Å². The van der Waals surface area contributed by atoms with Crippen LogP contribution in [0.4, 0.5) is 16.0 Å². The molecule has 8 nitrogen and oxygen atoms in total. The maximum absolute atomic E-state index is 13.5. The highest BCUT2D eigenvalue weighted by Crippen LogP contribution is 2.25. The third-order valence-electron chi connectivity index (χ3n) is 4.97. The first-order valence-corrected chi connectivity index (χ1v) is 9.73. The number of nitrogens with zero attached hydrogens (tertiary/aromatic N) is 5. The lowest BCUT2D eigenvalue weighted by Crippen LogP contribution is -2.30. The maximum atomic E-state index is 13.5. The van der Waals surface area contributed by atoms with Gasteiger partial charge in [-0.05, 0) is 42.2 Å².